The Kier molecular flexibility index (Phi) is 4.07. The fourth-order valence-corrected chi connectivity index (χ4v) is 3.13. The Morgan fingerprint density at radius 2 is 2.11 bits per heavy atom. The first kappa shape index (κ1) is 13.8. The number of carboxylic acid groups (broad SMARTS) is 1. The number of hydrogen-bond donors (Lipinski definition) is 1. The SMILES string of the molecule is Cc1cc(CS(=O)c2ccccc2Cl)oc1C(=O)O. The highest BCUT2D eigenvalue weighted by atomic mass is 35.5. The largest absolute Gasteiger partial charge is 0.475 e. The molecule has 0 aliphatic rings. The molecule has 100 valence electrons. The highest BCUT2D eigenvalue weighted by Gasteiger charge is 2.17. The highest BCUT2D eigenvalue weighted by molar-refractivity contribution is 7.84. The fraction of sp³-hybridized carbons (Fsp3) is 0.154. The third kappa shape index (κ3) is 3.05. The molecule has 0 saturated heterocycles. The number of aryl methyl sites for hydroxylation is 1. The zero-order valence-electron chi connectivity index (χ0n) is 10.1. The molecule has 19 heavy (non-hydrogen) atoms. The molecule has 1 aromatic carbocycles. The van der Waals surface area contributed by atoms with Crippen LogP contribution in [0.2, 0.25) is 5.02 Å². The molecule has 0 radical (unpaired) electrons. The summed E-state index contributed by atoms with van der Waals surface area (Å²) in [6.45, 7) is 1.63. The summed E-state index contributed by atoms with van der Waals surface area (Å²) in [6, 6.07) is 8.41. The van der Waals surface area contributed by atoms with Crippen molar-refractivity contribution in [2.45, 2.75) is 17.6 Å². The molecule has 1 N–H and O–H groups in total. The Hall–Kier alpha value is -1.59. The van der Waals surface area contributed by atoms with Crippen molar-refractivity contribution < 1.29 is 18.5 Å². The predicted molar refractivity (Wildman–Crippen MR) is 72.0 cm³/mol. The van der Waals surface area contributed by atoms with E-state index in [4.69, 9.17) is 21.1 Å². The molecule has 0 saturated carbocycles. The Labute approximate surface area is 117 Å². The lowest BCUT2D eigenvalue weighted by Crippen LogP contribution is -1.97. The van der Waals surface area contributed by atoms with Gasteiger partial charge in [-0.25, -0.2) is 4.79 Å². The van der Waals surface area contributed by atoms with Gasteiger partial charge in [-0.15, -0.1) is 0 Å². The molecule has 0 amide bonds. The van der Waals surface area contributed by atoms with Crippen LogP contribution in [0.3, 0.4) is 0 Å². The van der Waals surface area contributed by atoms with E-state index in [0.717, 1.165) is 0 Å². The van der Waals surface area contributed by atoms with Crippen LogP contribution in [0, 0.1) is 6.92 Å². The number of hydrogen-bond acceptors (Lipinski definition) is 3. The first-order valence-electron chi connectivity index (χ1n) is 5.44. The molecular weight excluding hydrogens is 288 g/mol. The molecule has 6 heteroatoms. The molecule has 1 unspecified atom stereocenters. The zero-order chi connectivity index (χ0) is 14.0. The van der Waals surface area contributed by atoms with Crippen molar-refractivity contribution in [3.05, 3.63) is 52.4 Å². The second-order valence-electron chi connectivity index (χ2n) is 3.95. The molecule has 0 aliphatic heterocycles. The summed E-state index contributed by atoms with van der Waals surface area (Å²) in [7, 11) is -1.37. The van der Waals surface area contributed by atoms with Crippen molar-refractivity contribution in [3.8, 4) is 0 Å². The fourth-order valence-electron chi connectivity index (χ4n) is 1.67. The maximum atomic E-state index is 12.1. The normalized spacial score (nSPS) is 12.3. The molecule has 1 heterocycles. The lowest BCUT2D eigenvalue weighted by molar-refractivity contribution is 0.0659. The minimum absolute atomic E-state index is 0.0951. The van der Waals surface area contributed by atoms with Gasteiger partial charge in [0.25, 0.3) is 0 Å². The van der Waals surface area contributed by atoms with Crippen molar-refractivity contribution in [3.63, 3.8) is 0 Å². The molecule has 4 nitrogen and oxygen atoms in total. The minimum atomic E-state index is -1.37. The summed E-state index contributed by atoms with van der Waals surface area (Å²) in [5.41, 5.74) is 0.513. The van der Waals surface area contributed by atoms with E-state index in [2.05, 4.69) is 0 Å². The van der Waals surface area contributed by atoms with Crippen LogP contribution in [-0.4, -0.2) is 15.3 Å². The number of halogens is 1. The molecule has 2 rings (SSSR count). The maximum absolute atomic E-state index is 12.1. The number of rotatable bonds is 4. The van der Waals surface area contributed by atoms with E-state index in [9.17, 15) is 9.00 Å². The summed E-state index contributed by atoms with van der Waals surface area (Å²) in [5, 5.41) is 9.30. The summed E-state index contributed by atoms with van der Waals surface area (Å²) in [4.78, 5) is 11.4. The Bertz CT molecular complexity index is 648. The van der Waals surface area contributed by atoms with Crippen molar-refractivity contribution in [1.82, 2.24) is 0 Å². The van der Waals surface area contributed by atoms with Gasteiger partial charge < -0.3 is 9.52 Å². The van der Waals surface area contributed by atoms with E-state index < -0.39 is 16.8 Å². The second-order valence-corrected chi connectivity index (χ2v) is 5.78. The first-order chi connectivity index (χ1) is 8.99. The van der Waals surface area contributed by atoms with Crippen LogP contribution >= 0.6 is 11.6 Å². The monoisotopic (exact) mass is 298 g/mol. The number of carboxylic acids is 1. The van der Waals surface area contributed by atoms with Crippen LogP contribution < -0.4 is 0 Å². The molecule has 0 spiro atoms. The summed E-state index contributed by atoms with van der Waals surface area (Å²) in [6.07, 6.45) is 0. The number of benzene rings is 1. The molecule has 0 aliphatic carbocycles. The zero-order valence-corrected chi connectivity index (χ0v) is 11.6. The van der Waals surface area contributed by atoms with Crippen LogP contribution in [0.25, 0.3) is 0 Å². The van der Waals surface area contributed by atoms with Crippen molar-refractivity contribution in [2.75, 3.05) is 0 Å². The third-order valence-electron chi connectivity index (χ3n) is 2.52. The van der Waals surface area contributed by atoms with Gasteiger partial charge in [0.2, 0.25) is 5.76 Å². The van der Waals surface area contributed by atoms with E-state index in [1.165, 1.54) is 0 Å². The maximum Gasteiger partial charge on any atom is 0.372 e. The topological polar surface area (TPSA) is 67.5 Å². The molecule has 1 aromatic heterocycles. The lowest BCUT2D eigenvalue weighted by Gasteiger charge is -2.02. The van der Waals surface area contributed by atoms with Crippen LogP contribution in [0.4, 0.5) is 0 Å². The molecule has 0 bridgehead atoms. The third-order valence-corrected chi connectivity index (χ3v) is 4.35. The summed E-state index contributed by atoms with van der Waals surface area (Å²) in [5.74, 6) is -0.788. The predicted octanol–water partition coefficient (Wildman–Crippen LogP) is 3.25. The molecule has 2 aromatic rings. The van der Waals surface area contributed by atoms with E-state index >= 15 is 0 Å². The van der Waals surface area contributed by atoms with Gasteiger partial charge in [0, 0.05) is 5.56 Å². The average Bonchev–Trinajstić information content (AvgIpc) is 2.70. The van der Waals surface area contributed by atoms with Gasteiger partial charge in [-0.05, 0) is 25.1 Å². The molecular formula is C13H11ClO4S. The van der Waals surface area contributed by atoms with E-state index in [1.807, 2.05) is 0 Å². The number of furan rings is 1. The van der Waals surface area contributed by atoms with Gasteiger partial charge in [0.15, 0.2) is 0 Å². The average molecular weight is 299 g/mol. The number of aromatic carboxylic acids is 1. The van der Waals surface area contributed by atoms with Crippen LogP contribution in [0.5, 0.6) is 0 Å². The Balaban J connectivity index is 2.22. The number of carbonyl (C=O) groups is 1. The smallest absolute Gasteiger partial charge is 0.372 e. The van der Waals surface area contributed by atoms with Gasteiger partial charge >= 0.3 is 5.97 Å². The lowest BCUT2D eigenvalue weighted by atomic mass is 10.3. The van der Waals surface area contributed by atoms with Gasteiger partial charge in [-0.1, -0.05) is 23.7 Å². The quantitative estimate of drug-likeness (QED) is 0.941. The van der Waals surface area contributed by atoms with E-state index in [-0.39, 0.29) is 11.5 Å². The van der Waals surface area contributed by atoms with Gasteiger partial charge in [-0.3, -0.25) is 4.21 Å². The first-order valence-corrected chi connectivity index (χ1v) is 7.14. The molecule has 0 fully saturated rings. The van der Waals surface area contributed by atoms with E-state index in [1.54, 1.807) is 37.3 Å². The summed E-state index contributed by atoms with van der Waals surface area (Å²) >= 11 is 5.95. The van der Waals surface area contributed by atoms with E-state index in [0.29, 0.717) is 21.2 Å². The van der Waals surface area contributed by atoms with Crippen LogP contribution in [-0.2, 0) is 16.6 Å². The Morgan fingerprint density at radius 3 is 2.68 bits per heavy atom. The highest BCUT2D eigenvalue weighted by Crippen LogP contribution is 2.23. The van der Waals surface area contributed by atoms with Gasteiger partial charge in [-0.2, -0.15) is 0 Å². The van der Waals surface area contributed by atoms with Gasteiger partial charge in [0.1, 0.15) is 5.76 Å². The van der Waals surface area contributed by atoms with Gasteiger partial charge in [0.05, 0.1) is 26.5 Å². The van der Waals surface area contributed by atoms with Crippen LogP contribution in [0.15, 0.2) is 39.6 Å². The standard InChI is InChI=1S/C13H11ClO4S/c1-8-6-9(18-12(8)13(15)16)7-19(17)11-5-3-2-4-10(11)14/h2-6H,7H2,1H3,(H,15,16). The van der Waals surface area contributed by atoms with Crippen molar-refractivity contribution in [2.24, 2.45) is 0 Å². The summed E-state index contributed by atoms with van der Waals surface area (Å²) < 4.78 is 17.3. The van der Waals surface area contributed by atoms with Crippen LogP contribution in [0.1, 0.15) is 21.9 Å². The minimum Gasteiger partial charge on any atom is -0.475 e. The second kappa shape index (κ2) is 5.59. The van der Waals surface area contributed by atoms with Crippen molar-refractivity contribution in [1.29, 1.82) is 0 Å². The Morgan fingerprint density at radius 1 is 1.42 bits per heavy atom. The van der Waals surface area contributed by atoms with Crippen molar-refractivity contribution >= 4 is 28.4 Å². The molecule has 1 atom stereocenters.